The first-order valence-electron chi connectivity index (χ1n) is 9.45. The third-order valence-electron chi connectivity index (χ3n) is 5.81. The summed E-state index contributed by atoms with van der Waals surface area (Å²) in [4.78, 5) is 12.6. The van der Waals surface area contributed by atoms with Crippen LogP contribution in [-0.2, 0) is 16.1 Å². The van der Waals surface area contributed by atoms with Gasteiger partial charge in [0.05, 0.1) is 5.92 Å². The van der Waals surface area contributed by atoms with E-state index in [4.69, 9.17) is 16.3 Å². The summed E-state index contributed by atoms with van der Waals surface area (Å²) in [6.45, 7) is 3.02. The lowest BCUT2D eigenvalue weighted by molar-refractivity contribution is -0.147. The minimum Gasteiger partial charge on any atom is -0.461 e. The average Bonchev–Trinajstić information content (AvgIpc) is 3.31. The number of carbonyl (C=O) groups is 1. The molecule has 0 bridgehead atoms. The maximum atomic E-state index is 12.7. The van der Waals surface area contributed by atoms with Crippen molar-refractivity contribution in [1.29, 1.82) is 0 Å². The van der Waals surface area contributed by atoms with E-state index in [1.54, 1.807) is 6.92 Å². The van der Waals surface area contributed by atoms with Gasteiger partial charge in [-0.15, -0.1) is 0 Å². The molecule has 0 spiro atoms. The van der Waals surface area contributed by atoms with Gasteiger partial charge in [0, 0.05) is 17.9 Å². The first-order valence-corrected chi connectivity index (χ1v) is 9.83. The van der Waals surface area contributed by atoms with Crippen molar-refractivity contribution in [1.82, 2.24) is 0 Å². The number of hydrogen-bond donors (Lipinski definition) is 1. The maximum Gasteiger partial charge on any atom is 0.426 e. The van der Waals surface area contributed by atoms with Gasteiger partial charge in [0.1, 0.15) is 11.6 Å². The summed E-state index contributed by atoms with van der Waals surface area (Å²) < 4.78 is 43.6. The second kappa shape index (κ2) is 8.44. The molecule has 1 aliphatic carbocycles. The highest BCUT2D eigenvalue weighted by Crippen LogP contribution is 2.60. The maximum absolute atomic E-state index is 12.7. The molecule has 0 aromatic heterocycles. The number of carbonyl (C=O) groups excluding carboxylic acids is 1. The molecule has 0 saturated heterocycles. The lowest BCUT2D eigenvalue weighted by Crippen LogP contribution is -2.14. The molecule has 30 heavy (non-hydrogen) atoms. The van der Waals surface area contributed by atoms with Gasteiger partial charge in [-0.3, -0.25) is 4.79 Å². The molecule has 3 rings (SSSR count). The summed E-state index contributed by atoms with van der Waals surface area (Å²) in [7, 11) is 0. The number of alkyl halides is 3. The molecule has 1 N–H and O–H groups in total. The van der Waals surface area contributed by atoms with Crippen LogP contribution in [0.4, 0.5) is 13.2 Å². The van der Waals surface area contributed by atoms with Crippen LogP contribution in [0.15, 0.2) is 59.6 Å². The summed E-state index contributed by atoms with van der Waals surface area (Å²) in [5.74, 6) is -2.36. The summed E-state index contributed by atoms with van der Waals surface area (Å²) in [5, 5.41) is 8.30. The van der Waals surface area contributed by atoms with E-state index in [1.807, 2.05) is 55.5 Å². The van der Waals surface area contributed by atoms with Crippen LogP contribution in [0.25, 0.3) is 11.1 Å². The Balaban J connectivity index is 1.73. The van der Waals surface area contributed by atoms with Crippen LogP contribution in [0.5, 0.6) is 0 Å². The van der Waals surface area contributed by atoms with E-state index in [9.17, 15) is 23.1 Å². The zero-order valence-corrected chi connectivity index (χ0v) is 17.3. The molecule has 0 aliphatic heterocycles. The highest BCUT2D eigenvalue weighted by molar-refractivity contribution is 6.30. The van der Waals surface area contributed by atoms with Gasteiger partial charge in [-0.2, -0.15) is 13.2 Å². The van der Waals surface area contributed by atoms with Gasteiger partial charge in [0.2, 0.25) is 0 Å². The van der Waals surface area contributed by atoms with Crippen LogP contribution >= 0.6 is 11.6 Å². The quantitative estimate of drug-likeness (QED) is 0.594. The van der Waals surface area contributed by atoms with E-state index in [0.29, 0.717) is 0 Å². The fourth-order valence-electron chi connectivity index (χ4n) is 3.77. The normalized spacial score (nSPS) is 23.9. The van der Waals surface area contributed by atoms with Crippen molar-refractivity contribution in [2.24, 2.45) is 17.3 Å². The molecular formula is C23H22ClF3O3. The number of esters is 1. The minimum atomic E-state index is -4.69. The number of hydrogen-bond acceptors (Lipinski definition) is 3. The number of aliphatic hydroxyl groups excluding tert-OH is 1. The van der Waals surface area contributed by atoms with E-state index in [1.165, 1.54) is 0 Å². The molecule has 0 heterocycles. The van der Waals surface area contributed by atoms with E-state index in [-0.39, 0.29) is 6.61 Å². The van der Waals surface area contributed by atoms with Crippen LogP contribution in [0.1, 0.15) is 18.1 Å². The van der Waals surface area contributed by atoms with Crippen molar-refractivity contribution >= 4 is 17.6 Å². The predicted octanol–water partition coefficient (Wildman–Crippen LogP) is 5.63. The molecule has 0 radical (unpaired) electrons. The summed E-state index contributed by atoms with van der Waals surface area (Å²) >= 11 is 5.32. The van der Waals surface area contributed by atoms with Crippen LogP contribution in [0.3, 0.4) is 0 Å². The molecule has 0 amide bonds. The Bertz CT molecular complexity index is 956. The monoisotopic (exact) mass is 438 g/mol. The molecule has 1 fully saturated rings. The fourth-order valence-corrected chi connectivity index (χ4v) is 3.90. The van der Waals surface area contributed by atoms with E-state index < -0.39 is 41.0 Å². The van der Waals surface area contributed by atoms with Crippen molar-refractivity contribution < 1.29 is 27.8 Å². The number of aliphatic hydroxyl groups is 1. The average molecular weight is 439 g/mol. The molecule has 3 atom stereocenters. The van der Waals surface area contributed by atoms with Gasteiger partial charge in [-0.25, -0.2) is 0 Å². The molecule has 160 valence electrons. The molecular weight excluding hydrogens is 417 g/mol. The van der Waals surface area contributed by atoms with Gasteiger partial charge in [0.15, 0.2) is 0 Å². The van der Waals surface area contributed by atoms with Gasteiger partial charge in [-0.1, -0.05) is 73.1 Å². The highest BCUT2D eigenvalue weighted by Gasteiger charge is 2.65. The lowest BCUT2D eigenvalue weighted by atomic mass is 9.97. The van der Waals surface area contributed by atoms with E-state index in [2.05, 4.69) is 0 Å². The van der Waals surface area contributed by atoms with Gasteiger partial charge >= 0.3 is 12.1 Å². The smallest absolute Gasteiger partial charge is 0.426 e. The summed E-state index contributed by atoms with van der Waals surface area (Å²) in [6.07, 6.45) is -3.89. The first kappa shape index (κ1) is 22.4. The van der Waals surface area contributed by atoms with Crippen molar-refractivity contribution in [3.63, 3.8) is 0 Å². The highest BCUT2D eigenvalue weighted by atomic mass is 35.5. The van der Waals surface area contributed by atoms with Gasteiger partial charge < -0.3 is 9.84 Å². The summed E-state index contributed by atoms with van der Waals surface area (Å²) in [5.41, 5.74) is 2.77. The van der Waals surface area contributed by atoms with Crippen molar-refractivity contribution in [3.8, 4) is 11.1 Å². The van der Waals surface area contributed by atoms with Crippen LogP contribution in [0, 0.1) is 24.2 Å². The second-order valence-corrected chi connectivity index (χ2v) is 8.15. The largest absolute Gasteiger partial charge is 0.461 e. The summed E-state index contributed by atoms with van der Waals surface area (Å²) in [6, 6.07) is 15.4. The van der Waals surface area contributed by atoms with Gasteiger partial charge in [-0.05, 0) is 29.2 Å². The molecule has 2 aromatic rings. The Morgan fingerprint density at radius 2 is 1.87 bits per heavy atom. The van der Waals surface area contributed by atoms with Crippen molar-refractivity contribution in [3.05, 3.63) is 70.8 Å². The predicted molar refractivity (Wildman–Crippen MR) is 109 cm³/mol. The molecule has 0 unspecified atom stereocenters. The van der Waals surface area contributed by atoms with Crippen molar-refractivity contribution in [2.75, 3.05) is 6.61 Å². The molecule has 2 aromatic carbocycles. The van der Waals surface area contributed by atoms with E-state index >= 15 is 0 Å². The Hall–Kier alpha value is -2.31. The fraction of sp³-hybridized carbons (Fsp3) is 0.348. The number of benzene rings is 2. The number of ether oxygens (including phenoxy) is 1. The topological polar surface area (TPSA) is 46.5 Å². The Morgan fingerprint density at radius 3 is 2.47 bits per heavy atom. The van der Waals surface area contributed by atoms with Crippen LogP contribution in [0.2, 0.25) is 0 Å². The zero-order valence-electron chi connectivity index (χ0n) is 16.5. The Labute approximate surface area is 178 Å². The standard InChI is InChI=1S/C23H22ClF3O3/c1-14-16(9-6-10-17(14)15-7-4-3-5-8-15)12-30-21(29)20-18(22(20,2)13-28)11-19(24)23(25,26)27/h3-11,18,20,28H,12-13H2,1-2H3/b19-11-/t18-,20-,22+/m0/s1. The van der Waals surface area contributed by atoms with Crippen LogP contribution in [-0.4, -0.2) is 23.9 Å². The lowest BCUT2D eigenvalue weighted by Gasteiger charge is -2.13. The molecule has 1 aliphatic rings. The van der Waals surface area contributed by atoms with Crippen molar-refractivity contribution in [2.45, 2.75) is 26.6 Å². The van der Waals surface area contributed by atoms with E-state index in [0.717, 1.165) is 28.3 Å². The zero-order chi connectivity index (χ0) is 22.1. The Kier molecular flexibility index (Phi) is 6.29. The molecule has 1 saturated carbocycles. The molecule has 7 heteroatoms. The second-order valence-electron chi connectivity index (χ2n) is 7.74. The number of allylic oxidation sites excluding steroid dienone is 2. The third-order valence-corrected chi connectivity index (χ3v) is 6.15. The number of halogens is 4. The minimum absolute atomic E-state index is 0.00716. The SMILES string of the molecule is Cc1c(COC(=O)[C@@H]2[C@H](/C=C(\Cl)C(F)(F)F)[C@@]2(C)CO)cccc1-c1ccccc1. The van der Waals surface area contributed by atoms with Crippen LogP contribution < -0.4 is 0 Å². The molecule has 3 nitrogen and oxygen atoms in total. The van der Waals surface area contributed by atoms with Gasteiger partial charge in [0.25, 0.3) is 0 Å². The first-order chi connectivity index (χ1) is 14.1. The Morgan fingerprint density at radius 1 is 1.20 bits per heavy atom. The third kappa shape index (κ3) is 4.40. The number of rotatable bonds is 6.